The van der Waals surface area contributed by atoms with Crippen LogP contribution in [0.4, 0.5) is 0 Å². The summed E-state index contributed by atoms with van der Waals surface area (Å²) in [7, 11) is 0. The lowest BCUT2D eigenvalue weighted by Crippen LogP contribution is -1.87. The van der Waals surface area contributed by atoms with Crippen LogP contribution in [-0.4, -0.2) is 0 Å². The molecule has 0 N–H and O–H groups in total. The summed E-state index contributed by atoms with van der Waals surface area (Å²) in [5, 5.41) is 1.40. The van der Waals surface area contributed by atoms with Gasteiger partial charge in [0.25, 0.3) is 0 Å². The van der Waals surface area contributed by atoms with Crippen LogP contribution in [0.15, 0.2) is 40.9 Å². The lowest BCUT2D eigenvalue weighted by molar-refractivity contribution is 1.55. The summed E-state index contributed by atoms with van der Waals surface area (Å²) in [4.78, 5) is 0. The highest BCUT2D eigenvalue weighted by molar-refractivity contribution is 14.1. The standard InChI is InChI=1S/C12H6BrCl2I/c13-7-3-1-4-8(14)11(7)12-9(15)5-2-6-10(12)16/h1-6H. The summed E-state index contributed by atoms with van der Waals surface area (Å²) in [5.74, 6) is 0. The Bertz CT molecular complexity index is 451. The normalized spacial score (nSPS) is 10.5. The highest BCUT2D eigenvalue weighted by atomic mass is 127. The Morgan fingerprint density at radius 2 is 1.44 bits per heavy atom. The second-order valence-electron chi connectivity index (χ2n) is 3.19. The summed E-state index contributed by atoms with van der Waals surface area (Å²) in [5.41, 5.74) is 1.92. The van der Waals surface area contributed by atoms with Gasteiger partial charge in [0.15, 0.2) is 0 Å². The Labute approximate surface area is 126 Å². The first-order valence-corrected chi connectivity index (χ1v) is 7.12. The van der Waals surface area contributed by atoms with Crippen molar-refractivity contribution < 1.29 is 0 Å². The molecule has 0 spiro atoms. The lowest BCUT2D eigenvalue weighted by atomic mass is 10.1. The Morgan fingerprint density at radius 1 is 0.875 bits per heavy atom. The monoisotopic (exact) mass is 426 g/mol. The Hall–Kier alpha value is 0.230. The summed E-state index contributed by atoms with van der Waals surface area (Å²) in [6, 6.07) is 11.5. The molecule has 0 aliphatic rings. The van der Waals surface area contributed by atoms with E-state index in [-0.39, 0.29) is 0 Å². The molecule has 0 aliphatic heterocycles. The zero-order valence-corrected chi connectivity index (χ0v) is 13.2. The van der Waals surface area contributed by atoms with Gasteiger partial charge in [0, 0.05) is 29.2 Å². The third-order valence-electron chi connectivity index (χ3n) is 2.18. The molecule has 2 rings (SSSR count). The van der Waals surface area contributed by atoms with E-state index in [0.29, 0.717) is 10.0 Å². The predicted octanol–water partition coefficient (Wildman–Crippen LogP) is 6.03. The van der Waals surface area contributed by atoms with Crippen molar-refractivity contribution in [2.24, 2.45) is 0 Å². The van der Waals surface area contributed by atoms with Crippen LogP contribution in [0.5, 0.6) is 0 Å². The molecule has 0 radical (unpaired) electrons. The van der Waals surface area contributed by atoms with Crippen molar-refractivity contribution in [2.45, 2.75) is 0 Å². The van der Waals surface area contributed by atoms with Gasteiger partial charge < -0.3 is 0 Å². The first-order chi connectivity index (χ1) is 7.61. The molecular weight excluding hydrogens is 422 g/mol. The summed E-state index contributed by atoms with van der Waals surface area (Å²) >= 11 is 18.2. The van der Waals surface area contributed by atoms with Gasteiger partial charge in [-0.3, -0.25) is 0 Å². The highest BCUT2D eigenvalue weighted by Crippen LogP contribution is 2.40. The second-order valence-corrected chi connectivity index (χ2v) is 6.02. The molecule has 0 fully saturated rings. The summed E-state index contributed by atoms with van der Waals surface area (Å²) in [6.07, 6.45) is 0. The fourth-order valence-electron chi connectivity index (χ4n) is 1.47. The number of halogens is 4. The van der Waals surface area contributed by atoms with E-state index in [0.717, 1.165) is 19.2 Å². The molecule has 0 saturated heterocycles. The van der Waals surface area contributed by atoms with Crippen molar-refractivity contribution in [2.75, 3.05) is 0 Å². The smallest absolute Gasteiger partial charge is 0.0496 e. The number of rotatable bonds is 1. The molecule has 0 nitrogen and oxygen atoms in total. The van der Waals surface area contributed by atoms with E-state index in [1.165, 1.54) is 0 Å². The maximum Gasteiger partial charge on any atom is 0.0496 e. The third kappa shape index (κ3) is 2.40. The molecular formula is C12H6BrCl2I. The van der Waals surface area contributed by atoms with E-state index in [9.17, 15) is 0 Å². The van der Waals surface area contributed by atoms with Crippen LogP contribution >= 0.6 is 61.7 Å². The van der Waals surface area contributed by atoms with Crippen molar-refractivity contribution in [3.63, 3.8) is 0 Å². The number of hydrogen-bond acceptors (Lipinski definition) is 0. The average molecular weight is 428 g/mol. The highest BCUT2D eigenvalue weighted by Gasteiger charge is 2.13. The molecule has 16 heavy (non-hydrogen) atoms. The Kier molecular flexibility index (Phi) is 4.16. The molecule has 0 atom stereocenters. The van der Waals surface area contributed by atoms with E-state index < -0.39 is 0 Å². The van der Waals surface area contributed by atoms with Gasteiger partial charge in [0.1, 0.15) is 0 Å². The maximum absolute atomic E-state index is 6.22. The fraction of sp³-hybridized carbons (Fsp3) is 0. The molecule has 0 amide bonds. The molecule has 2 aromatic carbocycles. The van der Waals surface area contributed by atoms with Crippen LogP contribution in [0.1, 0.15) is 0 Å². The van der Waals surface area contributed by atoms with Gasteiger partial charge >= 0.3 is 0 Å². The van der Waals surface area contributed by atoms with Crippen molar-refractivity contribution in [3.05, 3.63) is 54.5 Å². The van der Waals surface area contributed by atoms with Crippen molar-refractivity contribution in [1.29, 1.82) is 0 Å². The van der Waals surface area contributed by atoms with E-state index in [1.807, 2.05) is 36.4 Å². The first-order valence-electron chi connectivity index (χ1n) is 4.49. The summed E-state index contributed by atoms with van der Waals surface area (Å²) in [6.45, 7) is 0. The van der Waals surface area contributed by atoms with E-state index in [4.69, 9.17) is 23.2 Å². The maximum atomic E-state index is 6.22. The van der Waals surface area contributed by atoms with Gasteiger partial charge in [-0.05, 0) is 46.9 Å². The van der Waals surface area contributed by atoms with Gasteiger partial charge in [0.05, 0.1) is 0 Å². The first kappa shape index (κ1) is 12.7. The molecule has 4 heteroatoms. The Morgan fingerprint density at radius 3 is 2.00 bits per heavy atom. The quantitative estimate of drug-likeness (QED) is 0.487. The van der Waals surface area contributed by atoms with E-state index in [2.05, 4.69) is 38.5 Å². The van der Waals surface area contributed by atoms with Crippen molar-refractivity contribution in [3.8, 4) is 11.1 Å². The third-order valence-corrected chi connectivity index (χ3v) is 4.37. The topological polar surface area (TPSA) is 0 Å². The molecule has 2 aromatic rings. The minimum atomic E-state index is 0.695. The molecule has 0 saturated carbocycles. The molecule has 0 bridgehead atoms. The van der Waals surface area contributed by atoms with Crippen LogP contribution in [-0.2, 0) is 0 Å². The minimum Gasteiger partial charge on any atom is -0.0836 e. The fourth-order valence-corrected chi connectivity index (χ4v) is 3.62. The van der Waals surface area contributed by atoms with Crippen molar-refractivity contribution in [1.82, 2.24) is 0 Å². The molecule has 0 aliphatic carbocycles. The molecule has 0 aromatic heterocycles. The number of benzene rings is 2. The van der Waals surface area contributed by atoms with Crippen LogP contribution < -0.4 is 0 Å². The van der Waals surface area contributed by atoms with Gasteiger partial charge in [0.2, 0.25) is 0 Å². The van der Waals surface area contributed by atoms with Gasteiger partial charge in [-0.15, -0.1) is 0 Å². The Balaban J connectivity index is 2.77. The SMILES string of the molecule is Clc1cccc(Br)c1-c1c(Cl)cccc1I. The summed E-state index contributed by atoms with van der Waals surface area (Å²) < 4.78 is 2.03. The van der Waals surface area contributed by atoms with Crippen LogP contribution in [0, 0.1) is 3.57 Å². The van der Waals surface area contributed by atoms with E-state index >= 15 is 0 Å². The van der Waals surface area contributed by atoms with Crippen LogP contribution in [0.3, 0.4) is 0 Å². The average Bonchev–Trinajstić information content (AvgIpc) is 2.21. The second kappa shape index (κ2) is 5.25. The van der Waals surface area contributed by atoms with Gasteiger partial charge in [-0.2, -0.15) is 0 Å². The van der Waals surface area contributed by atoms with E-state index in [1.54, 1.807) is 0 Å². The lowest BCUT2D eigenvalue weighted by Gasteiger charge is -2.11. The van der Waals surface area contributed by atoms with Crippen molar-refractivity contribution >= 4 is 61.7 Å². The zero-order chi connectivity index (χ0) is 11.7. The van der Waals surface area contributed by atoms with Crippen LogP contribution in [0.2, 0.25) is 10.0 Å². The van der Waals surface area contributed by atoms with Crippen LogP contribution in [0.25, 0.3) is 11.1 Å². The predicted molar refractivity (Wildman–Crippen MR) is 82.3 cm³/mol. The largest absolute Gasteiger partial charge is 0.0836 e. The van der Waals surface area contributed by atoms with Gasteiger partial charge in [-0.25, -0.2) is 0 Å². The number of hydrogen-bond donors (Lipinski definition) is 0. The molecule has 0 heterocycles. The van der Waals surface area contributed by atoms with Gasteiger partial charge in [-0.1, -0.05) is 51.3 Å². The zero-order valence-electron chi connectivity index (χ0n) is 7.98. The minimum absolute atomic E-state index is 0.695. The molecule has 0 unspecified atom stereocenters. The molecule has 82 valence electrons.